The summed E-state index contributed by atoms with van der Waals surface area (Å²) in [5, 5.41) is 5.08. The van der Waals surface area contributed by atoms with Gasteiger partial charge < -0.3 is 4.42 Å². The van der Waals surface area contributed by atoms with Gasteiger partial charge in [-0.2, -0.15) is 0 Å². The average Bonchev–Trinajstić information content (AvgIpc) is 3.71. The standard InChI is InChI=1S/C52H32O/c1-2-12-34(13-3-1)51-44-16-6-8-18-46(44)52(47-19-9-7-17-45(47)51)40-24-23-35-29-36(21-22-37(35)30-40)38-26-28-49-48(31-38)43-27-25-39(32-50(43)53-49)42-20-10-14-33-11-4-5-15-41(33)42/h1-32H/i1D,2D,3D,6D,7D,8D,9D,12D,13D,16D,17D,18D,19D. The Bertz CT molecular complexity index is 3870. The number of benzene rings is 10. The molecule has 0 saturated heterocycles. The maximum atomic E-state index is 9.27. The molecule has 246 valence electrons. The van der Waals surface area contributed by atoms with Crippen molar-refractivity contribution in [3.63, 3.8) is 0 Å². The van der Waals surface area contributed by atoms with Gasteiger partial charge >= 0.3 is 0 Å². The van der Waals surface area contributed by atoms with Crippen LogP contribution in [0.2, 0.25) is 0 Å². The first-order valence-corrected chi connectivity index (χ1v) is 17.2. The molecule has 0 amide bonds. The molecule has 11 rings (SSSR count). The molecule has 0 unspecified atom stereocenters. The second kappa shape index (κ2) is 11.8. The van der Waals surface area contributed by atoms with Crippen LogP contribution in [0.3, 0.4) is 0 Å². The van der Waals surface area contributed by atoms with Crippen molar-refractivity contribution in [1.82, 2.24) is 0 Å². The molecule has 0 aliphatic heterocycles. The van der Waals surface area contributed by atoms with Crippen LogP contribution in [0.5, 0.6) is 0 Å². The summed E-state index contributed by atoms with van der Waals surface area (Å²) < 4.78 is 121. The molecule has 1 nitrogen and oxygen atoms in total. The Morgan fingerprint density at radius 3 is 1.66 bits per heavy atom. The summed E-state index contributed by atoms with van der Waals surface area (Å²) in [5.74, 6) is 0. The van der Waals surface area contributed by atoms with E-state index in [0.29, 0.717) is 5.56 Å². The summed E-state index contributed by atoms with van der Waals surface area (Å²) in [6.07, 6.45) is 0. The van der Waals surface area contributed by atoms with Gasteiger partial charge in [0.2, 0.25) is 0 Å². The molecule has 10 aromatic carbocycles. The van der Waals surface area contributed by atoms with Gasteiger partial charge in [-0.25, -0.2) is 0 Å². The molecule has 0 bridgehead atoms. The fourth-order valence-corrected chi connectivity index (χ4v) is 7.72. The minimum absolute atomic E-state index is 0.0852. The molecule has 0 aliphatic rings. The van der Waals surface area contributed by atoms with E-state index in [2.05, 4.69) is 54.6 Å². The van der Waals surface area contributed by atoms with E-state index >= 15 is 0 Å². The average molecular weight is 686 g/mol. The lowest BCUT2D eigenvalue weighted by Crippen LogP contribution is -1.90. The molecule has 0 N–H and O–H groups in total. The lowest BCUT2D eigenvalue weighted by molar-refractivity contribution is 0.669. The van der Waals surface area contributed by atoms with Gasteiger partial charge in [0.05, 0.1) is 17.8 Å². The topological polar surface area (TPSA) is 13.1 Å². The molecule has 53 heavy (non-hydrogen) atoms. The highest BCUT2D eigenvalue weighted by atomic mass is 16.3. The maximum absolute atomic E-state index is 9.27. The number of hydrogen-bond donors (Lipinski definition) is 0. The summed E-state index contributed by atoms with van der Waals surface area (Å²) in [5.41, 5.74) is 5.27. The smallest absolute Gasteiger partial charge is 0.136 e. The van der Waals surface area contributed by atoms with Gasteiger partial charge in [0.1, 0.15) is 11.2 Å². The zero-order chi connectivity index (χ0) is 46.2. The van der Waals surface area contributed by atoms with E-state index < -0.39 is 84.1 Å². The molecule has 0 aliphatic carbocycles. The van der Waals surface area contributed by atoms with Gasteiger partial charge in [-0.15, -0.1) is 0 Å². The van der Waals surface area contributed by atoms with Gasteiger partial charge in [0.15, 0.2) is 0 Å². The number of rotatable bonds is 4. The van der Waals surface area contributed by atoms with Crippen molar-refractivity contribution < 1.29 is 22.2 Å². The van der Waals surface area contributed by atoms with Crippen LogP contribution in [0.15, 0.2) is 198 Å². The van der Waals surface area contributed by atoms with E-state index in [1.54, 1.807) is 12.1 Å². The molecule has 1 heterocycles. The molecule has 0 atom stereocenters. The zero-order valence-corrected chi connectivity index (χ0v) is 27.9. The number of hydrogen-bond acceptors (Lipinski definition) is 1. The number of furan rings is 1. The predicted octanol–water partition coefficient (Wildman–Crippen LogP) is 14.9. The highest BCUT2D eigenvalue weighted by molar-refractivity contribution is 6.21. The summed E-state index contributed by atoms with van der Waals surface area (Å²) in [7, 11) is 0. The van der Waals surface area contributed by atoms with Crippen molar-refractivity contribution in [2.24, 2.45) is 0 Å². The van der Waals surface area contributed by atoms with Crippen LogP contribution < -0.4 is 0 Å². The molecule has 1 heteroatoms. The van der Waals surface area contributed by atoms with Crippen LogP contribution in [0.4, 0.5) is 0 Å². The van der Waals surface area contributed by atoms with Crippen molar-refractivity contribution in [2.75, 3.05) is 0 Å². The van der Waals surface area contributed by atoms with Crippen LogP contribution in [0.25, 0.3) is 110 Å². The van der Waals surface area contributed by atoms with E-state index in [0.717, 1.165) is 65.7 Å². The lowest BCUT2D eigenvalue weighted by atomic mass is 9.85. The van der Waals surface area contributed by atoms with E-state index in [1.807, 2.05) is 48.5 Å². The van der Waals surface area contributed by atoms with Crippen molar-refractivity contribution in [2.45, 2.75) is 0 Å². The normalized spacial score (nSPS) is 15.2. The summed E-state index contributed by atoms with van der Waals surface area (Å²) >= 11 is 0. The highest BCUT2D eigenvalue weighted by Gasteiger charge is 2.17. The minimum Gasteiger partial charge on any atom is -0.456 e. The first-order valence-electron chi connectivity index (χ1n) is 23.7. The molecule has 11 aromatic rings. The minimum atomic E-state index is -0.712. The molecule has 0 radical (unpaired) electrons. The van der Waals surface area contributed by atoms with Crippen molar-refractivity contribution >= 4 is 65.0 Å². The number of fused-ring (bicyclic) bond motifs is 7. The molecular weight excluding hydrogens is 641 g/mol. The van der Waals surface area contributed by atoms with E-state index in [1.165, 1.54) is 0 Å². The quantitative estimate of drug-likeness (QED) is 0.168. The fraction of sp³-hybridized carbons (Fsp3) is 0. The van der Waals surface area contributed by atoms with Gasteiger partial charge in [-0.05, 0) is 124 Å². The first-order chi connectivity index (χ1) is 31.7. The summed E-state index contributed by atoms with van der Waals surface area (Å²) in [4.78, 5) is 0. The molecule has 0 spiro atoms. The van der Waals surface area contributed by atoms with Gasteiger partial charge in [-0.1, -0.05) is 157 Å². The van der Waals surface area contributed by atoms with Gasteiger partial charge in [-0.3, -0.25) is 0 Å². The lowest BCUT2D eigenvalue weighted by Gasteiger charge is -2.18. The third-order valence-electron chi connectivity index (χ3n) is 10.2. The van der Waals surface area contributed by atoms with E-state index in [4.69, 9.17) is 16.8 Å². The molecule has 0 fully saturated rings. The van der Waals surface area contributed by atoms with Crippen LogP contribution in [-0.2, 0) is 0 Å². The van der Waals surface area contributed by atoms with Crippen LogP contribution in [-0.4, -0.2) is 0 Å². The monoisotopic (exact) mass is 685 g/mol. The van der Waals surface area contributed by atoms with Crippen LogP contribution in [0, 0.1) is 0 Å². The Labute approximate surface area is 325 Å². The van der Waals surface area contributed by atoms with Crippen LogP contribution >= 0.6 is 0 Å². The largest absolute Gasteiger partial charge is 0.456 e. The maximum Gasteiger partial charge on any atom is 0.136 e. The Morgan fingerprint density at radius 2 is 0.906 bits per heavy atom. The zero-order valence-electron chi connectivity index (χ0n) is 40.9. The molecule has 0 saturated carbocycles. The molecule has 1 aromatic heterocycles. The second-order valence-corrected chi connectivity index (χ2v) is 13.1. The Kier molecular flexibility index (Phi) is 4.36. The molecular formula is C52H32O. The highest BCUT2D eigenvalue weighted by Crippen LogP contribution is 2.44. The third kappa shape index (κ3) is 4.79. The van der Waals surface area contributed by atoms with Gasteiger partial charge in [0.25, 0.3) is 0 Å². The van der Waals surface area contributed by atoms with Crippen molar-refractivity contribution in [3.05, 3.63) is 194 Å². The van der Waals surface area contributed by atoms with Gasteiger partial charge in [0, 0.05) is 10.8 Å². The second-order valence-electron chi connectivity index (χ2n) is 13.1. The van der Waals surface area contributed by atoms with E-state index in [-0.39, 0.29) is 32.7 Å². The van der Waals surface area contributed by atoms with Crippen molar-refractivity contribution in [1.29, 1.82) is 0 Å². The predicted molar refractivity (Wildman–Crippen MR) is 225 cm³/mol. The summed E-state index contributed by atoms with van der Waals surface area (Å²) in [6, 6.07) is 29.9. The van der Waals surface area contributed by atoms with E-state index in [9.17, 15) is 5.48 Å². The summed E-state index contributed by atoms with van der Waals surface area (Å²) in [6.45, 7) is 0. The Morgan fingerprint density at radius 1 is 0.321 bits per heavy atom. The Balaban J connectivity index is 1.10. The Hall–Kier alpha value is -6.96. The van der Waals surface area contributed by atoms with Crippen LogP contribution in [0.1, 0.15) is 17.8 Å². The fourth-order valence-electron chi connectivity index (χ4n) is 7.72. The third-order valence-corrected chi connectivity index (χ3v) is 10.2. The first kappa shape index (κ1) is 19.6. The SMILES string of the molecule is [2H]c1c([2H])c([2H])c(-c2c3c([2H])c([2H])c([2H])c([2H])c3c(-c3ccc4cc(-c5ccc6oc7cc(-c8cccc9ccccc89)ccc7c6c5)ccc4c3)c3c([2H])c([2H])c([2H])c([2H])c23)c([2H])c1[2H]. The van der Waals surface area contributed by atoms with Crippen molar-refractivity contribution in [3.8, 4) is 44.5 Å².